The largest absolute Gasteiger partial charge is 0.412 e. The van der Waals surface area contributed by atoms with Crippen LogP contribution in [0.2, 0.25) is 0 Å². The fourth-order valence-electron chi connectivity index (χ4n) is 2.09. The summed E-state index contributed by atoms with van der Waals surface area (Å²) >= 11 is 0. The van der Waals surface area contributed by atoms with Crippen molar-refractivity contribution >= 4 is 5.91 Å². The van der Waals surface area contributed by atoms with Crippen LogP contribution in [0.25, 0.3) is 0 Å². The zero-order valence-electron chi connectivity index (χ0n) is 12.0. The van der Waals surface area contributed by atoms with Gasteiger partial charge in [0.05, 0.1) is 0 Å². The summed E-state index contributed by atoms with van der Waals surface area (Å²) in [5.41, 5.74) is 0.734. The molecule has 0 fully saturated rings. The number of hydrogen-bond donors (Lipinski definition) is 1. The normalized spacial score (nSPS) is 12.9. The third-order valence-electron chi connectivity index (χ3n) is 3.14. The Morgan fingerprint density at radius 3 is 2.73 bits per heavy atom. The average molecular weight is 311 g/mol. The van der Waals surface area contributed by atoms with Crippen LogP contribution in [0.1, 0.15) is 23.6 Å². The van der Waals surface area contributed by atoms with Crippen LogP contribution in [0, 0.1) is 6.92 Å². The lowest BCUT2D eigenvalue weighted by Crippen LogP contribution is -2.38. The van der Waals surface area contributed by atoms with Crippen LogP contribution in [0.4, 0.5) is 13.2 Å². The van der Waals surface area contributed by atoms with Crippen molar-refractivity contribution in [3.8, 4) is 0 Å². The van der Waals surface area contributed by atoms with Crippen molar-refractivity contribution in [2.24, 2.45) is 0 Å². The predicted molar refractivity (Wildman–Crippen MR) is 75.0 cm³/mol. The van der Waals surface area contributed by atoms with Crippen molar-refractivity contribution < 1.29 is 18.0 Å². The summed E-state index contributed by atoms with van der Waals surface area (Å²) in [5, 5.41) is 5.96. The summed E-state index contributed by atoms with van der Waals surface area (Å²) in [7, 11) is 0. The van der Waals surface area contributed by atoms with Crippen molar-refractivity contribution in [3.63, 3.8) is 0 Å². The molecule has 2 aromatic rings. The topological polar surface area (TPSA) is 46.9 Å². The molecule has 0 unspecified atom stereocenters. The molecule has 0 aliphatic rings. The SMILES string of the molecule is Cc1cccc([C@@H](NC(=O)CCn2cccn2)C(F)(F)F)c1. The minimum absolute atomic E-state index is 0.0277. The maximum absolute atomic E-state index is 13.2. The van der Waals surface area contributed by atoms with E-state index in [4.69, 9.17) is 0 Å². The Morgan fingerprint density at radius 1 is 1.36 bits per heavy atom. The van der Waals surface area contributed by atoms with Crippen LogP contribution in [0.15, 0.2) is 42.7 Å². The van der Waals surface area contributed by atoms with Gasteiger partial charge in [0.15, 0.2) is 6.04 Å². The molecule has 7 heteroatoms. The highest BCUT2D eigenvalue weighted by atomic mass is 19.4. The molecule has 118 valence electrons. The molecule has 0 aliphatic carbocycles. The van der Waals surface area contributed by atoms with Gasteiger partial charge in [-0.2, -0.15) is 18.3 Å². The van der Waals surface area contributed by atoms with E-state index in [1.807, 2.05) is 0 Å². The fourth-order valence-corrected chi connectivity index (χ4v) is 2.09. The van der Waals surface area contributed by atoms with Crippen LogP contribution in [0.5, 0.6) is 0 Å². The lowest BCUT2D eigenvalue weighted by molar-refractivity contribution is -0.163. The van der Waals surface area contributed by atoms with Crippen molar-refractivity contribution in [2.75, 3.05) is 0 Å². The molecule has 0 bridgehead atoms. The second kappa shape index (κ2) is 6.64. The summed E-state index contributed by atoms with van der Waals surface area (Å²) in [6, 6.07) is 5.71. The first-order valence-corrected chi connectivity index (χ1v) is 6.76. The number of halogens is 3. The number of hydrogen-bond acceptors (Lipinski definition) is 2. The van der Waals surface area contributed by atoms with E-state index in [-0.39, 0.29) is 18.5 Å². The summed E-state index contributed by atoms with van der Waals surface area (Å²) in [4.78, 5) is 11.8. The molecule has 1 N–H and O–H groups in total. The Hall–Kier alpha value is -2.31. The molecule has 1 aromatic heterocycles. The number of rotatable bonds is 5. The predicted octanol–water partition coefficient (Wildman–Crippen LogP) is 3.00. The molecule has 22 heavy (non-hydrogen) atoms. The highest BCUT2D eigenvalue weighted by Crippen LogP contribution is 2.33. The van der Waals surface area contributed by atoms with Gasteiger partial charge >= 0.3 is 6.18 Å². The molecule has 0 radical (unpaired) electrons. The van der Waals surface area contributed by atoms with E-state index >= 15 is 0 Å². The van der Waals surface area contributed by atoms with Gasteiger partial charge in [0, 0.05) is 25.4 Å². The summed E-state index contributed by atoms with van der Waals surface area (Å²) in [6.07, 6.45) is -1.42. The van der Waals surface area contributed by atoms with Crippen LogP contribution < -0.4 is 5.32 Å². The second-order valence-electron chi connectivity index (χ2n) is 4.98. The molecule has 0 aliphatic heterocycles. The Bertz CT molecular complexity index is 623. The molecule has 2 rings (SSSR count). The smallest absolute Gasteiger partial charge is 0.341 e. The number of nitrogens with one attached hydrogen (secondary N) is 1. The van der Waals surface area contributed by atoms with Gasteiger partial charge in [-0.25, -0.2) is 0 Å². The van der Waals surface area contributed by atoms with Gasteiger partial charge in [0.25, 0.3) is 0 Å². The first-order chi connectivity index (χ1) is 10.4. The van der Waals surface area contributed by atoms with Crippen molar-refractivity contribution in [1.29, 1.82) is 0 Å². The molecule has 0 saturated carbocycles. The first kappa shape index (κ1) is 16.1. The first-order valence-electron chi connectivity index (χ1n) is 6.76. The van der Waals surface area contributed by atoms with Crippen molar-refractivity contribution in [3.05, 3.63) is 53.9 Å². The number of aryl methyl sites for hydroxylation is 2. The summed E-state index contributed by atoms with van der Waals surface area (Å²) in [5.74, 6) is -0.667. The zero-order chi connectivity index (χ0) is 16.2. The Balaban J connectivity index is 2.05. The van der Waals surface area contributed by atoms with Gasteiger partial charge in [0.1, 0.15) is 0 Å². The zero-order valence-corrected chi connectivity index (χ0v) is 12.0. The van der Waals surface area contributed by atoms with E-state index in [0.717, 1.165) is 0 Å². The standard InChI is InChI=1S/C15H16F3N3O/c1-11-4-2-5-12(10-11)14(15(16,17)18)20-13(22)6-9-21-8-3-7-19-21/h2-5,7-8,10,14H,6,9H2,1H3,(H,20,22)/t14-/m1/s1. The van der Waals surface area contributed by atoms with Gasteiger partial charge < -0.3 is 5.32 Å². The van der Waals surface area contributed by atoms with Gasteiger partial charge in [-0.3, -0.25) is 9.48 Å². The lowest BCUT2D eigenvalue weighted by atomic mass is 10.0. The Morgan fingerprint density at radius 2 is 2.14 bits per heavy atom. The van der Waals surface area contributed by atoms with Crippen LogP contribution in [-0.2, 0) is 11.3 Å². The van der Waals surface area contributed by atoms with Gasteiger partial charge in [-0.1, -0.05) is 29.8 Å². The third-order valence-corrected chi connectivity index (χ3v) is 3.14. The lowest BCUT2D eigenvalue weighted by Gasteiger charge is -2.22. The van der Waals surface area contributed by atoms with Crippen LogP contribution >= 0.6 is 0 Å². The van der Waals surface area contributed by atoms with Crippen LogP contribution in [-0.4, -0.2) is 21.9 Å². The summed E-state index contributed by atoms with van der Waals surface area (Å²) < 4.78 is 41.0. The van der Waals surface area contributed by atoms with Gasteiger partial charge in [0.2, 0.25) is 5.91 Å². The quantitative estimate of drug-likeness (QED) is 0.922. The number of carbonyl (C=O) groups excluding carboxylic acids is 1. The highest BCUT2D eigenvalue weighted by Gasteiger charge is 2.41. The van der Waals surface area contributed by atoms with E-state index in [1.165, 1.54) is 16.8 Å². The van der Waals surface area contributed by atoms with E-state index in [0.29, 0.717) is 5.56 Å². The van der Waals surface area contributed by atoms with Crippen molar-refractivity contribution in [1.82, 2.24) is 15.1 Å². The molecular formula is C15H16F3N3O. The fraction of sp³-hybridized carbons (Fsp3) is 0.333. The maximum atomic E-state index is 13.2. The molecule has 1 heterocycles. The third kappa shape index (κ3) is 4.34. The number of alkyl halides is 3. The minimum Gasteiger partial charge on any atom is -0.341 e. The number of aromatic nitrogens is 2. The molecule has 1 atom stereocenters. The van der Waals surface area contributed by atoms with Gasteiger partial charge in [-0.15, -0.1) is 0 Å². The van der Waals surface area contributed by atoms with E-state index < -0.39 is 18.1 Å². The molecule has 0 saturated heterocycles. The monoisotopic (exact) mass is 311 g/mol. The Labute approximate surface area is 125 Å². The Kier molecular flexibility index (Phi) is 4.85. The number of nitrogens with zero attached hydrogens (tertiary/aromatic N) is 2. The van der Waals surface area contributed by atoms with E-state index in [1.54, 1.807) is 37.5 Å². The molecule has 4 nitrogen and oxygen atoms in total. The second-order valence-corrected chi connectivity index (χ2v) is 4.98. The molecule has 0 spiro atoms. The van der Waals surface area contributed by atoms with E-state index in [9.17, 15) is 18.0 Å². The van der Waals surface area contributed by atoms with Gasteiger partial charge in [-0.05, 0) is 18.6 Å². The van der Waals surface area contributed by atoms with E-state index in [2.05, 4.69) is 10.4 Å². The molecular weight excluding hydrogens is 295 g/mol. The van der Waals surface area contributed by atoms with Crippen molar-refractivity contribution in [2.45, 2.75) is 32.1 Å². The number of benzene rings is 1. The minimum atomic E-state index is -4.55. The molecule has 1 amide bonds. The summed E-state index contributed by atoms with van der Waals surface area (Å²) in [6.45, 7) is 1.94. The number of amides is 1. The average Bonchev–Trinajstić information content (AvgIpc) is 2.94. The number of carbonyl (C=O) groups is 1. The maximum Gasteiger partial charge on any atom is 0.412 e. The molecule has 1 aromatic carbocycles. The van der Waals surface area contributed by atoms with Crippen LogP contribution in [0.3, 0.4) is 0 Å². The highest BCUT2D eigenvalue weighted by molar-refractivity contribution is 5.76.